The third kappa shape index (κ3) is 6.64. The average molecular weight is 459 g/mol. The van der Waals surface area contributed by atoms with E-state index in [4.69, 9.17) is 9.47 Å². The molecule has 5 nitrogen and oxygen atoms in total. The summed E-state index contributed by atoms with van der Waals surface area (Å²) in [7, 11) is 0. The van der Waals surface area contributed by atoms with Crippen LogP contribution in [0.4, 0.5) is 0 Å². The van der Waals surface area contributed by atoms with Gasteiger partial charge in [-0.15, -0.1) is 0 Å². The number of rotatable bonds is 9. The SMILES string of the molecule is CCCCc1ccc(C(=O)OC(=O)C(OC(=O)c2ccc(C(C)C)cc2)c2ccccc2)cc1. The average Bonchev–Trinajstić information content (AvgIpc) is 2.86. The van der Waals surface area contributed by atoms with Crippen molar-refractivity contribution in [2.45, 2.75) is 52.1 Å². The Balaban J connectivity index is 1.74. The lowest BCUT2D eigenvalue weighted by Crippen LogP contribution is -2.24. The van der Waals surface area contributed by atoms with Crippen LogP contribution in [0, 0.1) is 0 Å². The van der Waals surface area contributed by atoms with Crippen LogP contribution in [0.3, 0.4) is 0 Å². The summed E-state index contributed by atoms with van der Waals surface area (Å²) in [4.78, 5) is 38.3. The molecule has 0 aliphatic heterocycles. The number of hydrogen-bond acceptors (Lipinski definition) is 5. The van der Waals surface area contributed by atoms with E-state index < -0.39 is 24.0 Å². The van der Waals surface area contributed by atoms with Crippen LogP contribution in [0.1, 0.15) is 83.0 Å². The van der Waals surface area contributed by atoms with Crippen LogP contribution in [0.2, 0.25) is 0 Å². The second-order valence-corrected chi connectivity index (χ2v) is 8.48. The largest absolute Gasteiger partial charge is 0.442 e. The second kappa shape index (κ2) is 11.9. The fraction of sp³-hybridized carbons (Fsp3) is 0.276. The van der Waals surface area contributed by atoms with Crippen LogP contribution in [-0.2, 0) is 20.7 Å². The molecule has 34 heavy (non-hydrogen) atoms. The maximum Gasteiger partial charge on any atom is 0.360 e. The van der Waals surface area contributed by atoms with Crippen molar-refractivity contribution in [3.8, 4) is 0 Å². The van der Waals surface area contributed by atoms with Gasteiger partial charge >= 0.3 is 17.9 Å². The smallest absolute Gasteiger partial charge is 0.360 e. The van der Waals surface area contributed by atoms with E-state index in [2.05, 4.69) is 20.8 Å². The summed E-state index contributed by atoms with van der Waals surface area (Å²) in [5, 5.41) is 0. The first-order valence-corrected chi connectivity index (χ1v) is 11.6. The van der Waals surface area contributed by atoms with Crippen molar-refractivity contribution in [3.63, 3.8) is 0 Å². The van der Waals surface area contributed by atoms with Gasteiger partial charge in [-0.05, 0) is 54.2 Å². The lowest BCUT2D eigenvalue weighted by molar-refractivity contribution is -0.148. The quantitative estimate of drug-likeness (QED) is 0.273. The van der Waals surface area contributed by atoms with E-state index in [-0.39, 0.29) is 5.56 Å². The second-order valence-electron chi connectivity index (χ2n) is 8.48. The van der Waals surface area contributed by atoms with Gasteiger partial charge in [0.2, 0.25) is 6.10 Å². The Bertz CT molecular complexity index is 1100. The van der Waals surface area contributed by atoms with Crippen LogP contribution in [-0.4, -0.2) is 17.9 Å². The molecule has 3 aromatic rings. The van der Waals surface area contributed by atoms with Crippen molar-refractivity contribution in [3.05, 3.63) is 107 Å². The molecule has 1 atom stereocenters. The Kier molecular flexibility index (Phi) is 8.74. The lowest BCUT2D eigenvalue weighted by atomic mass is 10.0. The van der Waals surface area contributed by atoms with Crippen molar-refractivity contribution in [1.29, 1.82) is 0 Å². The minimum atomic E-state index is -1.37. The van der Waals surface area contributed by atoms with Gasteiger partial charge in [-0.2, -0.15) is 0 Å². The minimum Gasteiger partial charge on any atom is -0.442 e. The summed E-state index contributed by atoms with van der Waals surface area (Å²) in [6, 6.07) is 22.5. The summed E-state index contributed by atoms with van der Waals surface area (Å²) >= 11 is 0. The Morgan fingerprint density at radius 3 is 1.91 bits per heavy atom. The summed E-state index contributed by atoms with van der Waals surface area (Å²) in [6.07, 6.45) is 1.70. The topological polar surface area (TPSA) is 69.7 Å². The molecule has 3 rings (SSSR count). The van der Waals surface area contributed by atoms with Crippen LogP contribution >= 0.6 is 0 Å². The number of benzene rings is 3. The van der Waals surface area contributed by atoms with Gasteiger partial charge in [0.1, 0.15) is 0 Å². The Hall–Kier alpha value is -3.73. The Morgan fingerprint density at radius 2 is 1.32 bits per heavy atom. The number of ether oxygens (including phenoxy) is 2. The number of carbonyl (C=O) groups excluding carboxylic acids is 3. The molecule has 1 unspecified atom stereocenters. The molecular formula is C29H30O5. The molecule has 0 saturated heterocycles. The van der Waals surface area contributed by atoms with E-state index in [1.165, 1.54) is 0 Å². The Labute approximate surface area is 200 Å². The van der Waals surface area contributed by atoms with Gasteiger partial charge in [-0.3, -0.25) is 0 Å². The van der Waals surface area contributed by atoms with Crippen molar-refractivity contribution in [1.82, 2.24) is 0 Å². The molecule has 0 heterocycles. The third-order valence-electron chi connectivity index (χ3n) is 5.56. The van der Waals surface area contributed by atoms with Crippen molar-refractivity contribution in [2.24, 2.45) is 0 Å². The Morgan fingerprint density at radius 1 is 0.735 bits per heavy atom. The molecule has 0 bridgehead atoms. The zero-order chi connectivity index (χ0) is 24.5. The third-order valence-corrected chi connectivity index (χ3v) is 5.56. The van der Waals surface area contributed by atoms with Crippen molar-refractivity contribution < 1.29 is 23.9 Å². The highest BCUT2D eigenvalue weighted by Gasteiger charge is 2.29. The molecule has 0 amide bonds. The monoisotopic (exact) mass is 458 g/mol. The molecule has 176 valence electrons. The van der Waals surface area contributed by atoms with Crippen molar-refractivity contribution in [2.75, 3.05) is 0 Å². The zero-order valence-electron chi connectivity index (χ0n) is 19.8. The molecule has 5 heteroatoms. The summed E-state index contributed by atoms with van der Waals surface area (Å²) < 4.78 is 10.6. The van der Waals surface area contributed by atoms with E-state index in [0.717, 1.165) is 30.4 Å². The lowest BCUT2D eigenvalue weighted by Gasteiger charge is -2.17. The normalized spacial score (nSPS) is 11.6. The number of esters is 3. The van der Waals surface area contributed by atoms with E-state index >= 15 is 0 Å². The van der Waals surface area contributed by atoms with Crippen LogP contribution in [0.5, 0.6) is 0 Å². The molecule has 0 saturated carbocycles. The number of aryl methyl sites for hydroxylation is 1. The molecule has 0 fully saturated rings. The zero-order valence-corrected chi connectivity index (χ0v) is 19.8. The highest BCUT2D eigenvalue weighted by atomic mass is 16.6. The van der Waals surface area contributed by atoms with Crippen LogP contribution < -0.4 is 0 Å². The molecule has 0 aliphatic rings. The summed E-state index contributed by atoms with van der Waals surface area (Å²) in [5.41, 5.74) is 3.19. The first-order valence-electron chi connectivity index (χ1n) is 11.6. The molecule has 0 spiro atoms. The maximum absolute atomic E-state index is 12.9. The van der Waals surface area contributed by atoms with Gasteiger partial charge < -0.3 is 9.47 Å². The maximum atomic E-state index is 12.9. The van der Waals surface area contributed by atoms with E-state index in [1.807, 2.05) is 24.3 Å². The first kappa shape index (κ1) is 24.9. The van der Waals surface area contributed by atoms with Gasteiger partial charge in [0.15, 0.2) is 0 Å². The number of hydrogen-bond donors (Lipinski definition) is 0. The van der Waals surface area contributed by atoms with Crippen LogP contribution in [0.25, 0.3) is 0 Å². The van der Waals surface area contributed by atoms with Crippen molar-refractivity contribution >= 4 is 17.9 Å². The highest BCUT2D eigenvalue weighted by Crippen LogP contribution is 2.23. The van der Waals surface area contributed by atoms with Gasteiger partial charge in [0.05, 0.1) is 11.1 Å². The predicted octanol–water partition coefficient (Wildman–Crippen LogP) is 6.43. The predicted molar refractivity (Wildman–Crippen MR) is 131 cm³/mol. The van der Waals surface area contributed by atoms with Gasteiger partial charge in [-0.25, -0.2) is 14.4 Å². The van der Waals surface area contributed by atoms with E-state index in [9.17, 15) is 14.4 Å². The van der Waals surface area contributed by atoms with E-state index in [1.54, 1.807) is 54.6 Å². The number of unbranched alkanes of at least 4 members (excludes halogenated alkanes) is 1. The van der Waals surface area contributed by atoms with Gasteiger partial charge in [0, 0.05) is 5.56 Å². The fourth-order valence-corrected chi connectivity index (χ4v) is 3.45. The molecule has 0 aromatic heterocycles. The standard InChI is InChI=1S/C29H30O5/c1-4-5-9-21-12-14-24(15-13-21)28(31)34-29(32)26(23-10-7-6-8-11-23)33-27(30)25-18-16-22(17-19-25)20(2)3/h6-8,10-20,26H,4-5,9H2,1-3H3. The van der Waals surface area contributed by atoms with Crippen LogP contribution in [0.15, 0.2) is 78.9 Å². The molecule has 0 radical (unpaired) electrons. The summed E-state index contributed by atoms with van der Waals surface area (Å²) in [6.45, 7) is 6.24. The number of carbonyl (C=O) groups is 3. The van der Waals surface area contributed by atoms with Gasteiger partial charge in [0.25, 0.3) is 0 Å². The molecule has 0 N–H and O–H groups in total. The van der Waals surface area contributed by atoms with E-state index in [0.29, 0.717) is 17.0 Å². The first-order chi connectivity index (χ1) is 16.4. The van der Waals surface area contributed by atoms with Gasteiger partial charge in [-0.1, -0.05) is 81.8 Å². The minimum absolute atomic E-state index is 0.260. The fourth-order valence-electron chi connectivity index (χ4n) is 3.45. The summed E-state index contributed by atoms with van der Waals surface area (Å²) in [5.74, 6) is -2.08. The highest BCUT2D eigenvalue weighted by molar-refractivity contribution is 5.99. The molecule has 0 aliphatic carbocycles. The molecule has 3 aromatic carbocycles. The molecular weight excluding hydrogens is 428 g/mol.